The maximum atomic E-state index is 14.0. The van der Waals surface area contributed by atoms with Gasteiger partial charge < -0.3 is 39.2 Å². The topological polar surface area (TPSA) is 210 Å². The lowest BCUT2D eigenvalue weighted by Crippen LogP contribution is -2.45. The molecule has 19 heteroatoms. The Morgan fingerprint density at radius 3 is 1.33 bits per heavy atom. The molecule has 48 heavy (non-hydrogen) atoms. The molecule has 0 aliphatic carbocycles. The third kappa shape index (κ3) is 12.2. The summed E-state index contributed by atoms with van der Waals surface area (Å²) in [5, 5.41) is 5.35. The van der Waals surface area contributed by atoms with E-state index < -0.39 is 59.8 Å². The highest BCUT2D eigenvalue weighted by Crippen LogP contribution is 2.41. The Hall–Kier alpha value is -2.83. The predicted molar refractivity (Wildman–Crippen MR) is 191 cm³/mol. The van der Waals surface area contributed by atoms with Gasteiger partial charge in [0.15, 0.2) is 0 Å². The van der Waals surface area contributed by atoms with Crippen LogP contribution in [0.5, 0.6) is 0 Å². The van der Waals surface area contributed by atoms with Crippen LogP contribution in [0.1, 0.15) is 68.2 Å². The number of nitrogens with one attached hydrogen (secondary N) is 2. The fourth-order valence-electron chi connectivity index (χ4n) is 4.33. The monoisotopic (exact) mass is 1010 g/mol. The Labute approximate surface area is 316 Å². The summed E-state index contributed by atoms with van der Waals surface area (Å²) in [6.45, 7) is 4.42. The third-order valence-electron chi connectivity index (χ3n) is 6.41. The summed E-state index contributed by atoms with van der Waals surface area (Å²) in [5.74, 6) is -4.95. The number of carbonyl (C=O) groups excluding carboxylic acids is 8. The normalized spacial score (nSPS) is 14.0. The lowest BCUT2D eigenvalue weighted by Gasteiger charge is -2.30. The van der Waals surface area contributed by atoms with Crippen LogP contribution in [0.25, 0.3) is 0 Å². The van der Waals surface area contributed by atoms with Gasteiger partial charge in [0, 0.05) is 44.6 Å². The number of amides is 3. The second-order valence-corrected chi connectivity index (χ2v) is 13.6. The Balaban J connectivity index is 2.73. The Morgan fingerprint density at radius 2 is 1.00 bits per heavy atom. The van der Waals surface area contributed by atoms with Crippen molar-refractivity contribution in [2.75, 3.05) is 37.9 Å². The van der Waals surface area contributed by atoms with Crippen molar-refractivity contribution in [2.24, 2.45) is 0 Å². The number of ether oxygens (including phenoxy) is 5. The van der Waals surface area contributed by atoms with Gasteiger partial charge in [-0.2, -0.15) is 0 Å². The molecular formula is C29H34I3N3O13. The molecular weight excluding hydrogens is 979 g/mol. The van der Waals surface area contributed by atoms with Crippen LogP contribution < -0.4 is 15.5 Å². The summed E-state index contributed by atoms with van der Waals surface area (Å²) in [4.78, 5) is 100. The molecule has 1 aromatic carbocycles. The van der Waals surface area contributed by atoms with Crippen LogP contribution in [0.15, 0.2) is 0 Å². The van der Waals surface area contributed by atoms with Crippen molar-refractivity contribution in [3.05, 3.63) is 21.8 Å². The molecule has 1 atom stereocenters. The van der Waals surface area contributed by atoms with Crippen molar-refractivity contribution in [2.45, 2.75) is 65.6 Å². The Morgan fingerprint density at radius 1 is 0.646 bits per heavy atom. The van der Waals surface area contributed by atoms with Gasteiger partial charge in [0.2, 0.25) is 5.91 Å². The van der Waals surface area contributed by atoms with E-state index in [0.717, 1.165) is 0 Å². The molecule has 1 fully saturated rings. The van der Waals surface area contributed by atoms with Crippen molar-refractivity contribution in [3.8, 4) is 0 Å². The van der Waals surface area contributed by atoms with Crippen LogP contribution in [-0.2, 0) is 52.5 Å². The summed E-state index contributed by atoms with van der Waals surface area (Å²) in [6, 6.07) is -2.59. The van der Waals surface area contributed by atoms with Gasteiger partial charge in [0.25, 0.3) is 11.8 Å². The van der Waals surface area contributed by atoms with Gasteiger partial charge in [-0.15, -0.1) is 0 Å². The lowest BCUT2D eigenvalue weighted by atomic mass is 10.1. The number of rotatable bonds is 15. The molecule has 1 aromatic rings. The van der Waals surface area contributed by atoms with E-state index in [1.54, 1.807) is 0 Å². The molecule has 2 N–H and O–H groups in total. The molecule has 0 radical (unpaired) electrons. The summed E-state index contributed by atoms with van der Waals surface area (Å²) >= 11 is 5.59. The minimum Gasteiger partial charge on any atom is -0.464 e. The number of nitrogens with zero attached hydrogens (tertiary/aromatic N) is 1. The second-order valence-electron chi connectivity index (χ2n) is 10.4. The van der Waals surface area contributed by atoms with Crippen LogP contribution in [-0.4, -0.2) is 98.7 Å². The van der Waals surface area contributed by atoms with Crippen molar-refractivity contribution >= 4 is 121 Å². The molecule has 1 aliphatic rings. The van der Waals surface area contributed by atoms with E-state index in [-0.39, 0.29) is 72.9 Å². The van der Waals surface area contributed by atoms with E-state index in [1.807, 2.05) is 67.8 Å². The first-order valence-electron chi connectivity index (χ1n) is 14.2. The smallest absolute Gasteiger partial charge is 0.302 e. The molecule has 16 nitrogen and oxygen atoms in total. The van der Waals surface area contributed by atoms with Crippen LogP contribution in [0.4, 0.5) is 5.69 Å². The summed E-state index contributed by atoms with van der Waals surface area (Å²) < 4.78 is 26.1. The standard InChI is InChI=1S/C29H34I3N3O13/c1-13(36)44-8-18(9-45-14(2)37)33-28(42)22-24(30)23(29(43)34-19(10-46-15(3)38)11-47-16(4)39)26(32)27(25(22)31)35-20(6-7-21(35)41)12-48-17(5)40/h18-20H,6-12H2,1-5H3,(H,33,42)(H,34,43). The number of carbonyl (C=O) groups is 8. The number of esters is 5. The third-order valence-corrected chi connectivity index (χ3v) is 9.59. The quantitative estimate of drug-likeness (QED) is 0.147. The van der Waals surface area contributed by atoms with E-state index in [2.05, 4.69) is 10.6 Å². The molecule has 1 aliphatic heterocycles. The van der Waals surface area contributed by atoms with Gasteiger partial charge >= 0.3 is 29.8 Å². The second kappa shape index (κ2) is 19.4. The summed E-state index contributed by atoms with van der Waals surface area (Å²) in [5.41, 5.74) is 0.143. The summed E-state index contributed by atoms with van der Waals surface area (Å²) in [7, 11) is 0. The molecule has 0 bridgehead atoms. The van der Waals surface area contributed by atoms with Gasteiger partial charge in [-0.25, -0.2) is 0 Å². The molecule has 3 amide bonds. The molecule has 0 spiro atoms. The van der Waals surface area contributed by atoms with Gasteiger partial charge in [0.05, 0.1) is 42.1 Å². The highest BCUT2D eigenvalue weighted by atomic mass is 127. The van der Waals surface area contributed by atoms with Crippen molar-refractivity contribution in [1.82, 2.24) is 10.6 Å². The number of benzene rings is 1. The SMILES string of the molecule is CC(=O)OCC(COC(C)=O)NC(=O)c1c(I)c(C(=O)NC(COC(C)=O)COC(C)=O)c(I)c(N2C(=O)CCC2COC(C)=O)c1I. The molecule has 0 saturated carbocycles. The van der Waals surface area contributed by atoms with E-state index in [0.29, 0.717) is 6.42 Å². The van der Waals surface area contributed by atoms with E-state index in [9.17, 15) is 38.4 Å². The van der Waals surface area contributed by atoms with Gasteiger partial charge in [0.1, 0.15) is 33.0 Å². The van der Waals surface area contributed by atoms with Crippen molar-refractivity contribution < 1.29 is 62.0 Å². The predicted octanol–water partition coefficient (Wildman–Crippen LogP) is 2.01. The highest BCUT2D eigenvalue weighted by Gasteiger charge is 2.39. The number of hydrogen-bond donors (Lipinski definition) is 2. The molecule has 264 valence electrons. The molecule has 1 unspecified atom stereocenters. The van der Waals surface area contributed by atoms with Crippen LogP contribution in [0.2, 0.25) is 0 Å². The van der Waals surface area contributed by atoms with E-state index in [4.69, 9.17) is 23.7 Å². The van der Waals surface area contributed by atoms with Gasteiger partial charge in [-0.1, -0.05) is 0 Å². The average molecular weight is 1010 g/mol. The van der Waals surface area contributed by atoms with Crippen LogP contribution in [0.3, 0.4) is 0 Å². The van der Waals surface area contributed by atoms with Crippen molar-refractivity contribution in [1.29, 1.82) is 0 Å². The van der Waals surface area contributed by atoms with Crippen LogP contribution >= 0.6 is 67.8 Å². The average Bonchev–Trinajstić information content (AvgIpc) is 3.33. The largest absolute Gasteiger partial charge is 0.464 e. The molecule has 1 heterocycles. The minimum absolute atomic E-state index is 0.0325. The molecule has 1 saturated heterocycles. The zero-order chi connectivity index (χ0) is 36.3. The number of anilines is 1. The summed E-state index contributed by atoms with van der Waals surface area (Å²) in [6.07, 6.45) is 0.430. The maximum absolute atomic E-state index is 14.0. The van der Waals surface area contributed by atoms with E-state index in [1.165, 1.54) is 39.5 Å². The van der Waals surface area contributed by atoms with Crippen LogP contribution in [0, 0.1) is 10.7 Å². The number of hydrogen-bond acceptors (Lipinski definition) is 13. The van der Waals surface area contributed by atoms with Crippen molar-refractivity contribution in [3.63, 3.8) is 0 Å². The first kappa shape index (κ1) is 41.3. The lowest BCUT2D eigenvalue weighted by molar-refractivity contribution is -0.146. The number of halogens is 3. The zero-order valence-electron chi connectivity index (χ0n) is 26.6. The fraction of sp³-hybridized carbons (Fsp3) is 0.517. The maximum Gasteiger partial charge on any atom is 0.302 e. The Kier molecular flexibility index (Phi) is 16.7. The van der Waals surface area contributed by atoms with E-state index >= 15 is 0 Å². The highest BCUT2D eigenvalue weighted by molar-refractivity contribution is 14.1. The zero-order valence-corrected chi connectivity index (χ0v) is 33.0. The van der Waals surface area contributed by atoms with Gasteiger partial charge in [-0.3, -0.25) is 38.4 Å². The minimum atomic E-state index is -0.987. The molecule has 2 rings (SSSR count). The first-order chi connectivity index (χ1) is 22.4. The Bertz CT molecular complexity index is 1350. The first-order valence-corrected chi connectivity index (χ1v) is 17.5. The van der Waals surface area contributed by atoms with Gasteiger partial charge in [-0.05, 0) is 74.2 Å². The molecule has 0 aromatic heterocycles. The fourth-order valence-corrected chi connectivity index (χ4v) is 9.00.